The Hall–Kier alpha value is -6.60. The van der Waals surface area contributed by atoms with Crippen LogP contribution in [-0.2, 0) is 0 Å². The first kappa shape index (κ1) is 38.3. The summed E-state index contributed by atoms with van der Waals surface area (Å²) in [7, 11) is 0. The molecule has 0 amide bonds. The Morgan fingerprint density at radius 2 is 1.47 bits per heavy atom. The molecule has 3 aliphatic carbocycles. The molecule has 2 aliphatic heterocycles. The van der Waals surface area contributed by atoms with Crippen molar-refractivity contribution >= 4 is 48.8 Å². The molecule has 6 heteroatoms. The van der Waals surface area contributed by atoms with Gasteiger partial charge in [0.25, 0.3) is 0 Å². The summed E-state index contributed by atoms with van der Waals surface area (Å²) in [6, 6.07) is 43.7. The van der Waals surface area contributed by atoms with E-state index in [1.165, 1.54) is 36.9 Å². The Morgan fingerprint density at radius 1 is 0.694 bits per heavy atom. The van der Waals surface area contributed by atoms with E-state index in [9.17, 15) is 5.41 Å². The third-order valence-electron chi connectivity index (χ3n) is 13.3. The van der Waals surface area contributed by atoms with Gasteiger partial charge in [-0.3, -0.25) is 5.32 Å². The topological polar surface area (TPSA) is 72.3 Å². The first-order chi connectivity index (χ1) is 30.6. The minimum Gasteiger partial charge on any atom is -0.381 e. The van der Waals surface area contributed by atoms with Crippen LogP contribution in [0.1, 0.15) is 53.8 Å². The van der Waals surface area contributed by atoms with Crippen LogP contribution in [0.4, 0.5) is 0 Å². The minimum absolute atomic E-state index is 0.0160. The lowest BCUT2D eigenvalue weighted by molar-refractivity contribution is 0.288. The molecular formula is C56H49N5S. The van der Waals surface area contributed by atoms with Crippen LogP contribution >= 0.6 is 11.3 Å². The number of nitrogens with zero attached hydrogens (tertiary/aromatic N) is 1. The second-order valence-electron chi connectivity index (χ2n) is 17.0. The second-order valence-corrected chi connectivity index (χ2v) is 18.1. The lowest BCUT2D eigenvalue weighted by Crippen LogP contribution is -2.51. The number of rotatable bonds is 9. The van der Waals surface area contributed by atoms with Gasteiger partial charge >= 0.3 is 0 Å². The van der Waals surface area contributed by atoms with Gasteiger partial charge in [0.1, 0.15) is 18.2 Å². The van der Waals surface area contributed by atoms with Gasteiger partial charge in [0, 0.05) is 55.4 Å². The Kier molecular flexibility index (Phi) is 10.3. The van der Waals surface area contributed by atoms with Crippen molar-refractivity contribution in [2.45, 2.75) is 37.6 Å². The number of thiophene rings is 1. The van der Waals surface area contributed by atoms with Gasteiger partial charge in [-0.25, -0.2) is 4.99 Å². The molecule has 7 atom stereocenters. The fourth-order valence-electron chi connectivity index (χ4n) is 10.1. The van der Waals surface area contributed by atoms with E-state index in [1.807, 2.05) is 29.5 Å². The fourth-order valence-corrected chi connectivity index (χ4v) is 11.2. The molecule has 62 heavy (non-hydrogen) atoms. The molecule has 0 fully saturated rings. The number of hydrogen-bond acceptors (Lipinski definition) is 6. The van der Waals surface area contributed by atoms with Crippen molar-refractivity contribution in [2.24, 2.45) is 28.7 Å². The molecule has 4 N–H and O–H groups in total. The van der Waals surface area contributed by atoms with Gasteiger partial charge in [-0.2, -0.15) is 0 Å². The Balaban J connectivity index is 0.886. The largest absolute Gasteiger partial charge is 0.381 e. The van der Waals surface area contributed by atoms with Crippen LogP contribution < -0.4 is 16.0 Å². The van der Waals surface area contributed by atoms with Gasteiger partial charge in [0.15, 0.2) is 0 Å². The van der Waals surface area contributed by atoms with Gasteiger partial charge in [-0.15, -0.1) is 11.3 Å². The molecule has 7 unspecified atom stereocenters. The Morgan fingerprint density at radius 3 is 2.29 bits per heavy atom. The quantitative estimate of drug-likeness (QED) is 0.110. The lowest BCUT2D eigenvalue weighted by atomic mass is 9.67. The summed E-state index contributed by atoms with van der Waals surface area (Å²) in [4.78, 5) is 5.30. The molecule has 0 saturated carbocycles. The lowest BCUT2D eigenvalue weighted by Gasteiger charge is -2.44. The van der Waals surface area contributed by atoms with Gasteiger partial charge < -0.3 is 16.0 Å². The van der Waals surface area contributed by atoms with Crippen molar-refractivity contribution in [3.8, 4) is 11.1 Å². The predicted octanol–water partition coefficient (Wildman–Crippen LogP) is 12.8. The summed E-state index contributed by atoms with van der Waals surface area (Å²) in [6.45, 7) is 0. The predicted molar refractivity (Wildman–Crippen MR) is 260 cm³/mol. The minimum atomic E-state index is -0.221. The first-order valence-corrected chi connectivity index (χ1v) is 22.8. The standard InChI is InChI=1S/C56H49N5S/c57-52(39-17-6-2-7-18-39)50(38-15-4-1-5-16-38)53-45-22-11-10-21-43(45)35-47(58-53)37-29-33-42(34-30-37)56-60-54(40-19-8-3-9-20-40)59-55(61-56)41-31-27-36(28-32-41)44-24-14-26-49-51(44)46-23-12-13-25-48(46)62-49/h1-8,10-15,17-19,21-35,38,43,45,50,53,55-58,61H,9,16,20H2,(H,59,60). The van der Waals surface area contributed by atoms with Crippen LogP contribution in [0.2, 0.25) is 0 Å². The highest BCUT2D eigenvalue weighted by Crippen LogP contribution is 2.42. The van der Waals surface area contributed by atoms with Crippen LogP contribution in [0.3, 0.4) is 0 Å². The highest BCUT2D eigenvalue weighted by Gasteiger charge is 2.41. The second kappa shape index (κ2) is 16.7. The number of allylic oxidation sites excluding steroid dienone is 11. The zero-order chi connectivity index (χ0) is 41.4. The van der Waals surface area contributed by atoms with Crippen molar-refractivity contribution in [3.63, 3.8) is 0 Å². The molecule has 0 radical (unpaired) electrons. The van der Waals surface area contributed by atoms with E-state index in [0.717, 1.165) is 53.0 Å². The molecule has 0 bridgehead atoms. The van der Waals surface area contributed by atoms with Crippen molar-refractivity contribution in [2.75, 3.05) is 0 Å². The van der Waals surface area contributed by atoms with Crippen molar-refractivity contribution in [1.82, 2.24) is 16.0 Å². The highest BCUT2D eigenvalue weighted by atomic mass is 32.1. The van der Waals surface area contributed by atoms with E-state index in [0.29, 0.717) is 5.71 Å². The molecule has 11 rings (SSSR count). The molecule has 6 aromatic rings. The van der Waals surface area contributed by atoms with Crippen LogP contribution in [-0.4, -0.2) is 17.6 Å². The normalized spacial score (nSPS) is 24.4. The number of hydrogen-bond donors (Lipinski definition) is 4. The molecule has 0 spiro atoms. The van der Waals surface area contributed by atoms with E-state index in [1.54, 1.807) is 0 Å². The molecule has 3 heterocycles. The average molecular weight is 824 g/mol. The smallest absolute Gasteiger partial charge is 0.129 e. The molecule has 5 aromatic carbocycles. The van der Waals surface area contributed by atoms with E-state index < -0.39 is 0 Å². The van der Waals surface area contributed by atoms with Crippen molar-refractivity contribution in [3.05, 3.63) is 222 Å². The van der Waals surface area contributed by atoms with Gasteiger partial charge in [0.05, 0.1) is 0 Å². The number of nitrogens with one attached hydrogen (secondary N) is 4. The van der Waals surface area contributed by atoms with Crippen molar-refractivity contribution in [1.29, 1.82) is 5.41 Å². The first-order valence-electron chi connectivity index (χ1n) is 22.0. The molecule has 0 saturated heterocycles. The third kappa shape index (κ3) is 7.33. The van der Waals surface area contributed by atoms with Crippen LogP contribution in [0.15, 0.2) is 205 Å². The third-order valence-corrected chi connectivity index (χ3v) is 14.4. The van der Waals surface area contributed by atoms with Gasteiger partial charge in [0.2, 0.25) is 0 Å². The Bertz CT molecular complexity index is 2910. The molecule has 5 aliphatic rings. The van der Waals surface area contributed by atoms with Crippen LogP contribution in [0, 0.1) is 29.1 Å². The van der Waals surface area contributed by atoms with Gasteiger partial charge in [-0.1, -0.05) is 182 Å². The maximum atomic E-state index is 9.66. The summed E-state index contributed by atoms with van der Waals surface area (Å²) in [6.07, 6.45) is 29.4. The average Bonchev–Trinajstić information content (AvgIpc) is 3.74. The number of fused-ring (bicyclic) bond motifs is 4. The van der Waals surface area contributed by atoms with Crippen LogP contribution in [0.25, 0.3) is 37.0 Å². The van der Waals surface area contributed by atoms with E-state index in [4.69, 9.17) is 4.99 Å². The zero-order valence-electron chi connectivity index (χ0n) is 34.5. The number of benzene rings is 5. The highest BCUT2D eigenvalue weighted by molar-refractivity contribution is 7.25. The fraction of sp³-hybridized carbons (Fsp3) is 0.179. The van der Waals surface area contributed by atoms with E-state index >= 15 is 0 Å². The summed E-state index contributed by atoms with van der Waals surface area (Å²) in [5.74, 6) is 1.63. The SMILES string of the molecule is N=C(c1ccccc1)C(C1C=CC=CC1)C1NC(c2ccc(C3NC(C4=CC=CCC4)=NC(c4ccc(-c5cccc6sc7ccccc7c56)cc4)N3)cc2)=CC2C=CC=CC21. The summed E-state index contributed by atoms with van der Waals surface area (Å²) < 4.78 is 2.64. The van der Waals surface area contributed by atoms with E-state index in [-0.39, 0.29) is 42.0 Å². The molecule has 5 nitrogen and oxygen atoms in total. The Labute approximate surface area is 367 Å². The number of aliphatic imine (C=N–C) groups is 1. The van der Waals surface area contributed by atoms with E-state index in [2.05, 4.69) is 192 Å². The molecule has 1 aromatic heterocycles. The summed E-state index contributed by atoms with van der Waals surface area (Å²) >= 11 is 1.86. The summed E-state index contributed by atoms with van der Waals surface area (Å²) in [5, 5.41) is 24.0. The van der Waals surface area contributed by atoms with Gasteiger partial charge in [-0.05, 0) is 76.3 Å². The number of amidine groups is 1. The molecule has 304 valence electrons. The van der Waals surface area contributed by atoms with Crippen molar-refractivity contribution < 1.29 is 0 Å². The zero-order valence-corrected chi connectivity index (χ0v) is 35.3. The summed E-state index contributed by atoms with van der Waals surface area (Å²) in [5.41, 5.74) is 9.95. The maximum absolute atomic E-state index is 9.66. The monoisotopic (exact) mass is 823 g/mol. The maximum Gasteiger partial charge on any atom is 0.129 e. The van der Waals surface area contributed by atoms with Crippen LogP contribution in [0.5, 0.6) is 0 Å². The molecular weight excluding hydrogens is 775 g/mol.